The Bertz CT molecular complexity index is 218. The van der Waals surface area contributed by atoms with Gasteiger partial charge in [0, 0.05) is 32.0 Å². The zero-order chi connectivity index (χ0) is 10.4. The molecule has 0 aromatic rings. The summed E-state index contributed by atoms with van der Waals surface area (Å²) in [7, 11) is 0. The molecule has 1 atom stereocenters. The predicted molar refractivity (Wildman–Crippen MR) is 50.4 cm³/mol. The molecule has 5 nitrogen and oxygen atoms in total. The number of aliphatic hydroxyl groups is 1. The van der Waals surface area contributed by atoms with Crippen molar-refractivity contribution in [2.24, 2.45) is 5.92 Å². The number of piperidine rings is 1. The zero-order valence-electron chi connectivity index (χ0n) is 8.08. The molecule has 1 unspecified atom stereocenters. The van der Waals surface area contributed by atoms with Gasteiger partial charge in [-0.05, 0) is 12.8 Å². The van der Waals surface area contributed by atoms with E-state index in [1.54, 1.807) is 0 Å². The van der Waals surface area contributed by atoms with E-state index < -0.39 is 0 Å². The highest BCUT2D eigenvalue weighted by atomic mass is 16.3. The Morgan fingerprint density at radius 3 is 3.07 bits per heavy atom. The normalized spacial score (nSPS) is 21.5. The molecule has 1 aliphatic heterocycles. The van der Waals surface area contributed by atoms with Crippen molar-refractivity contribution in [1.29, 1.82) is 0 Å². The number of hydrogen-bond donors (Lipinski definition) is 3. The number of amides is 2. The Balaban J connectivity index is 2.25. The summed E-state index contributed by atoms with van der Waals surface area (Å²) in [5, 5.41) is 13.9. The molecule has 0 aromatic carbocycles. The van der Waals surface area contributed by atoms with Crippen LogP contribution in [0.1, 0.15) is 19.3 Å². The maximum absolute atomic E-state index is 11.4. The van der Waals surface area contributed by atoms with Crippen molar-refractivity contribution in [2.45, 2.75) is 19.3 Å². The van der Waals surface area contributed by atoms with E-state index in [1.807, 2.05) is 0 Å². The molecular weight excluding hydrogens is 184 g/mol. The van der Waals surface area contributed by atoms with Gasteiger partial charge in [0.05, 0.1) is 0 Å². The van der Waals surface area contributed by atoms with E-state index in [0.717, 1.165) is 0 Å². The zero-order valence-corrected chi connectivity index (χ0v) is 8.08. The summed E-state index contributed by atoms with van der Waals surface area (Å²) in [4.78, 5) is 22.4. The predicted octanol–water partition coefficient (Wildman–Crippen LogP) is -0.989. The minimum atomic E-state index is -0.192. The van der Waals surface area contributed by atoms with E-state index >= 15 is 0 Å². The van der Waals surface area contributed by atoms with Gasteiger partial charge in [-0.3, -0.25) is 9.59 Å². The Kier molecular flexibility index (Phi) is 4.39. The quantitative estimate of drug-likeness (QED) is 0.510. The van der Waals surface area contributed by atoms with Gasteiger partial charge in [-0.1, -0.05) is 0 Å². The largest absolute Gasteiger partial charge is 0.396 e. The molecule has 80 valence electrons. The maximum atomic E-state index is 11.4. The highest BCUT2D eigenvalue weighted by Crippen LogP contribution is 2.12. The van der Waals surface area contributed by atoms with Crippen molar-refractivity contribution in [3.8, 4) is 0 Å². The van der Waals surface area contributed by atoms with Gasteiger partial charge < -0.3 is 15.7 Å². The highest BCUT2D eigenvalue weighted by molar-refractivity contribution is 5.86. The first-order chi connectivity index (χ1) is 6.74. The smallest absolute Gasteiger partial charge is 0.223 e. The minimum Gasteiger partial charge on any atom is -0.396 e. The summed E-state index contributed by atoms with van der Waals surface area (Å²) in [5.74, 6) is -0.325. The van der Waals surface area contributed by atoms with Crippen molar-refractivity contribution in [3.63, 3.8) is 0 Å². The van der Waals surface area contributed by atoms with Crippen LogP contribution in [-0.2, 0) is 9.59 Å². The second-order valence-electron chi connectivity index (χ2n) is 3.41. The van der Waals surface area contributed by atoms with Crippen LogP contribution in [0.4, 0.5) is 0 Å². The van der Waals surface area contributed by atoms with Gasteiger partial charge in [-0.2, -0.15) is 0 Å². The average Bonchev–Trinajstić information content (AvgIpc) is 2.18. The van der Waals surface area contributed by atoms with Gasteiger partial charge in [-0.15, -0.1) is 0 Å². The number of hydrogen-bond acceptors (Lipinski definition) is 3. The molecule has 1 saturated heterocycles. The van der Waals surface area contributed by atoms with Crippen LogP contribution in [0.5, 0.6) is 0 Å². The van der Waals surface area contributed by atoms with Gasteiger partial charge >= 0.3 is 0 Å². The molecular formula is C9H16N2O3. The highest BCUT2D eigenvalue weighted by Gasteiger charge is 2.24. The van der Waals surface area contributed by atoms with Crippen LogP contribution in [0.25, 0.3) is 0 Å². The first-order valence-electron chi connectivity index (χ1n) is 4.89. The summed E-state index contributed by atoms with van der Waals surface area (Å²) >= 11 is 0. The third-order valence-corrected chi connectivity index (χ3v) is 2.25. The number of carbonyl (C=O) groups excluding carboxylic acids is 2. The average molecular weight is 200 g/mol. The summed E-state index contributed by atoms with van der Waals surface area (Å²) in [5.41, 5.74) is 0. The molecule has 5 heteroatoms. The first kappa shape index (κ1) is 11.0. The molecule has 3 N–H and O–H groups in total. The van der Waals surface area contributed by atoms with E-state index in [9.17, 15) is 9.59 Å². The number of rotatable bonds is 4. The Morgan fingerprint density at radius 2 is 2.43 bits per heavy atom. The van der Waals surface area contributed by atoms with E-state index in [2.05, 4.69) is 10.6 Å². The lowest BCUT2D eigenvalue weighted by molar-refractivity contribution is -0.132. The van der Waals surface area contributed by atoms with E-state index in [-0.39, 0.29) is 30.8 Å². The van der Waals surface area contributed by atoms with E-state index in [1.165, 1.54) is 0 Å². The third-order valence-electron chi connectivity index (χ3n) is 2.25. The van der Waals surface area contributed by atoms with Crippen LogP contribution in [-0.4, -0.2) is 36.6 Å². The van der Waals surface area contributed by atoms with Crippen LogP contribution in [0, 0.1) is 5.92 Å². The molecule has 1 aliphatic rings. The number of aliphatic hydroxyl groups excluding tert-OH is 1. The molecule has 0 radical (unpaired) electrons. The summed E-state index contributed by atoms with van der Waals surface area (Å²) in [6.07, 6.45) is 1.55. The van der Waals surface area contributed by atoms with Gasteiger partial charge in [-0.25, -0.2) is 0 Å². The summed E-state index contributed by atoms with van der Waals surface area (Å²) in [6.45, 7) is 1.13. The lowest BCUT2D eigenvalue weighted by Crippen LogP contribution is -2.41. The lowest BCUT2D eigenvalue weighted by Gasteiger charge is -2.21. The summed E-state index contributed by atoms with van der Waals surface area (Å²) < 4.78 is 0. The fraction of sp³-hybridized carbons (Fsp3) is 0.778. The minimum absolute atomic E-state index is 0.0569. The van der Waals surface area contributed by atoms with Gasteiger partial charge in [0.1, 0.15) is 0 Å². The van der Waals surface area contributed by atoms with Crippen molar-refractivity contribution < 1.29 is 14.7 Å². The molecule has 0 aliphatic carbocycles. The third kappa shape index (κ3) is 3.33. The van der Waals surface area contributed by atoms with Crippen molar-refractivity contribution in [2.75, 3.05) is 19.7 Å². The van der Waals surface area contributed by atoms with Crippen LogP contribution in [0.15, 0.2) is 0 Å². The Morgan fingerprint density at radius 1 is 1.64 bits per heavy atom. The molecule has 0 spiro atoms. The standard InChI is InChI=1S/C9H16N2O3/c12-5-1-3-11-9(14)7-2-4-10-8(13)6-7/h7,12H,1-6H2,(H,10,13)(H,11,14). The molecule has 1 rings (SSSR count). The molecule has 2 amide bonds. The van der Waals surface area contributed by atoms with Gasteiger partial charge in [0.15, 0.2) is 0 Å². The van der Waals surface area contributed by atoms with Gasteiger partial charge in [0.2, 0.25) is 11.8 Å². The van der Waals surface area contributed by atoms with Crippen molar-refractivity contribution in [1.82, 2.24) is 10.6 Å². The van der Waals surface area contributed by atoms with Crippen molar-refractivity contribution in [3.05, 3.63) is 0 Å². The van der Waals surface area contributed by atoms with Crippen LogP contribution < -0.4 is 10.6 Å². The fourth-order valence-corrected chi connectivity index (χ4v) is 1.44. The molecule has 0 saturated carbocycles. The molecule has 1 fully saturated rings. The van der Waals surface area contributed by atoms with Gasteiger partial charge in [0.25, 0.3) is 0 Å². The summed E-state index contributed by atoms with van der Waals surface area (Å²) in [6, 6.07) is 0. The Hall–Kier alpha value is -1.10. The van der Waals surface area contributed by atoms with Crippen LogP contribution in [0.3, 0.4) is 0 Å². The lowest BCUT2D eigenvalue weighted by atomic mass is 9.97. The molecule has 0 aromatic heterocycles. The Labute approximate surface area is 82.9 Å². The topological polar surface area (TPSA) is 78.4 Å². The van der Waals surface area contributed by atoms with E-state index in [0.29, 0.717) is 25.9 Å². The molecule has 14 heavy (non-hydrogen) atoms. The fourth-order valence-electron chi connectivity index (χ4n) is 1.44. The van der Waals surface area contributed by atoms with Crippen LogP contribution in [0.2, 0.25) is 0 Å². The first-order valence-corrected chi connectivity index (χ1v) is 4.89. The van der Waals surface area contributed by atoms with Crippen molar-refractivity contribution >= 4 is 11.8 Å². The monoisotopic (exact) mass is 200 g/mol. The number of carbonyl (C=O) groups is 2. The SMILES string of the molecule is O=C1CC(C(=O)NCCCO)CCN1. The molecule has 1 heterocycles. The maximum Gasteiger partial charge on any atom is 0.223 e. The second kappa shape index (κ2) is 5.59. The second-order valence-corrected chi connectivity index (χ2v) is 3.41. The van der Waals surface area contributed by atoms with E-state index in [4.69, 9.17) is 5.11 Å². The molecule has 0 bridgehead atoms. The van der Waals surface area contributed by atoms with Crippen LogP contribution >= 0.6 is 0 Å². The number of nitrogens with one attached hydrogen (secondary N) is 2.